The van der Waals surface area contributed by atoms with E-state index in [4.69, 9.17) is 4.74 Å². The third-order valence-electron chi connectivity index (χ3n) is 5.15. The average molecular weight is 389 g/mol. The molecule has 3 rings (SSSR count). The van der Waals surface area contributed by atoms with E-state index in [9.17, 15) is 14.4 Å². The van der Waals surface area contributed by atoms with Crippen LogP contribution in [0.2, 0.25) is 0 Å². The highest BCUT2D eigenvalue weighted by molar-refractivity contribution is 5.90. The maximum absolute atomic E-state index is 12.9. The van der Waals surface area contributed by atoms with Crippen LogP contribution in [0.4, 0.5) is 15.3 Å². The van der Waals surface area contributed by atoms with Crippen molar-refractivity contribution in [3.8, 4) is 5.75 Å². The summed E-state index contributed by atoms with van der Waals surface area (Å²) in [7, 11) is 4.97. The lowest BCUT2D eigenvalue weighted by Gasteiger charge is -2.33. The molecule has 5 amide bonds. The normalized spacial score (nSPS) is 21.9. The quantitative estimate of drug-likeness (QED) is 0.790. The van der Waals surface area contributed by atoms with E-state index in [0.717, 1.165) is 0 Å². The minimum atomic E-state index is -0.481. The number of carbonyl (C=O) groups excluding carboxylic acids is 3. The van der Waals surface area contributed by atoms with Crippen molar-refractivity contribution in [1.82, 2.24) is 20.0 Å². The van der Waals surface area contributed by atoms with Crippen LogP contribution in [0.15, 0.2) is 24.3 Å². The fourth-order valence-electron chi connectivity index (χ4n) is 3.76. The molecule has 1 atom stereocenters. The molecule has 2 saturated heterocycles. The summed E-state index contributed by atoms with van der Waals surface area (Å²) < 4.78 is 5.19. The zero-order chi connectivity index (χ0) is 20.3. The van der Waals surface area contributed by atoms with Gasteiger partial charge < -0.3 is 30.1 Å². The van der Waals surface area contributed by atoms with Crippen LogP contribution < -0.4 is 15.4 Å². The minimum Gasteiger partial charge on any atom is -0.497 e. The van der Waals surface area contributed by atoms with Crippen LogP contribution in [-0.4, -0.2) is 86.6 Å². The lowest BCUT2D eigenvalue weighted by atomic mass is 9.86. The van der Waals surface area contributed by atoms with Crippen LogP contribution in [0.25, 0.3) is 0 Å². The van der Waals surface area contributed by atoms with Crippen LogP contribution in [0.3, 0.4) is 0 Å². The van der Waals surface area contributed by atoms with Gasteiger partial charge in [0.05, 0.1) is 7.11 Å². The summed E-state index contributed by atoms with van der Waals surface area (Å²) in [5, 5.41) is 5.74. The number of methoxy groups -OCH3 is 1. The average Bonchev–Trinajstić information content (AvgIpc) is 2.92. The van der Waals surface area contributed by atoms with E-state index >= 15 is 0 Å². The van der Waals surface area contributed by atoms with Crippen LogP contribution in [-0.2, 0) is 4.79 Å². The van der Waals surface area contributed by atoms with E-state index in [1.807, 2.05) is 0 Å². The molecule has 0 aliphatic carbocycles. The van der Waals surface area contributed by atoms with Gasteiger partial charge in [0.25, 0.3) is 0 Å². The standard InChI is InChI=1S/C19H27N5O4/c1-22(2)18(27)24-8-7-23(12-19(13-24)10-16(25)20-11-19)17(26)21-14-5-4-6-15(9-14)28-3/h4-6,9H,7-8,10-13H2,1-3H3,(H,20,25)(H,21,26)/t19-/m0/s1. The monoisotopic (exact) mass is 389 g/mol. The molecule has 9 heteroatoms. The highest BCUT2D eigenvalue weighted by atomic mass is 16.5. The van der Waals surface area contributed by atoms with Gasteiger partial charge in [0.2, 0.25) is 5.91 Å². The lowest BCUT2D eigenvalue weighted by Crippen LogP contribution is -2.47. The molecule has 2 aliphatic rings. The van der Waals surface area contributed by atoms with E-state index in [1.165, 1.54) is 4.90 Å². The highest BCUT2D eigenvalue weighted by Crippen LogP contribution is 2.31. The Morgan fingerprint density at radius 3 is 2.57 bits per heavy atom. The second kappa shape index (κ2) is 7.95. The molecule has 9 nitrogen and oxygen atoms in total. The second-order valence-electron chi connectivity index (χ2n) is 7.64. The third kappa shape index (κ3) is 4.29. The Balaban J connectivity index is 1.78. The van der Waals surface area contributed by atoms with Gasteiger partial charge in [0.15, 0.2) is 0 Å². The Kier molecular flexibility index (Phi) is 5.62. The molecule has 2 aliphatic heterocycles. The predicted octanol–water partition coefficient (Wildman–Crippen LogP) is 1.03. The Labute approximate surface area is 164 Å². The maximum atomic E-state index is 12.9. The van der Waals surface area contributed by atoms with E-state index in [0.29, 0.717) is 50.6 Å². The Bertz CT molecular complexity index is 768. The molecule has 1 aromatic carbocycles. The number of hydrogen-bond donors (Lipinski definition) is 2. The first-order chi connectivity index (χ1) is 13.3. The molecule has 2 N–H and O–H groups in total. The molecule has 1 aromatic rings. The zero-order valence-electron chi connectivity index (χ0n) is 16.5. The molecule has 28 heavy (non-hydrogen) atoms. The van der Waals surface area contributed by atoms with Gasteiger partial charge in [-0.25, -0.2) is 9.59 Å². The smallest absolute Gasteiger partial charge is 0.321 e. The van der Waals surface area contributed by atoms with Crippen molar-refractivity contribution in [3.05, 3.63) is 24.3 Å². The number of carbonyl (C=O) groups is 3. The van der Waals surface area contributed by atoms with Crippen molar-refractivity contribution in [2.45, 2.75) is 6.42 Å². The fraction of sp³-hybridized carbons (Fsp3) is 0.526. The van der Waals surface area contributed by atoms with Gasteiger partial charge in [-0.15, -0.1) is 0 Å². The molecule has 0 unspecified atom stereocenters. The summed E-state index contributed by atoms with van der Waals surface area (Å²) in [6.45, 7) is 2.10. The molecular weight excluding hydrogens is 362 g/mol. The molecule has 152 valence electrons. The topological polar surface area (TPSA) is 94.2 Å². The van der Waals surface area contributed by atoms with Gasteiger partial charge >= 0.3 is 12.1 Å². The Morgan fingerprint density at radius 1 is 1.21 bits per heavy atom. The van der Waals surface area contributed by atoms with Crippen molar-refractivity contribution in [2.75, 3.05) is 59.2 Å². The summed E-state index contributed by atoms with van der Waals surface area (Å²) in [5.41, 5.74) is 0.148. The molecule has 2 fully saturated rings. The Morgan fingerprint density at radius 2 is 1.93 bits per heavy atom. The van der Waals surface area contributed by atoms with E-state index < -0.39 is 5.41 Å². The number of benzene rings is 1. The van der Waals surface area contributed by atoms with Gasteiger partial charge in [-0.3, -0.25) is 4.79 Å². The first kappa shape index (κ1) is 19.8. The molecule has 1 spiro atoms. The van der Waals surface area contributed by atoms with Gasteiger partial charge in [-0.1, -0.05) is 6.07 Å². The zero-order valence-corrected chi connectivity index (χ0v) is 16.5. The van der Waals surface area contributed by atoms with E-state index in [-0.39, 0.29) is 18.0 Å². The molecule has 0 saturated carbocycles. The Hall–Kier alpha value is -2.97. The summed E-state index contributed by atoms with van der Waals surface area (Å²) in [4.78, 5) is 42.3. The summed E-state index contributed by atoms with van der Waals surface area (Å²) in [6.07, 6.45) is 0.299. The van der Waals surface area contributed by atoms with Crippen LogP contribution in [0.5, 0.6) is 5.75 Å². The maximum Gasteiger partial charge on any atom is 0.321 e. The highest BCUT2D eigenvalue weighted by Gasteiger charge is 2.45. The van der Waals surface area contributed by atoms with Crippen LogP contribution >= 0.6 is 0 Å². The first-order valence-electron chi connectivity index (χ1n) is 9.25. The van der Waals surface area contributed by atoms with Gasteiger partial charge in [-0.05, 0) is 12.1 Å². The second-order valence-corrected chi connectivity index (χ2v) is 7.64. The van der Waals surface area contributed by atoms with Crippen molar-refractivity contribution >= 4 is 23.7 Å². The number of urea groups is 2. The van der Waals surface area contributed by atoms with Crippen LogP contribution in [0.1, 0.15) is 6.42 Å². The molecular formula is C19H27N5O4. The van der Waals surface area contributed by atoms with Gasteiger partial charge in [-0.2, -0.15) is 0 Å². The van der Waals surface area contributed by atoms with Crippen molar-refractivity contribution in [1.29, 1.82) is 0 Å². The summed E-state index contributed by atoms with van der Waals surface area (Å²) >= 11 is 0. The lowest BCUT2D eigenvalue weighted by molar-refractivity contribution is -0.119. The number of rotatable bonds is 2. The number of amides is 5. The first-order valence-corrected chi connectivity index (χ1v) is 9.25. The van der Waals surface area contributed by atoms with E-state index in [1.54, 1.807) is 55.3 Å². The summed E-state index contributed by atoms with van der Waals surface area (Å²) in [6, 6.07) is 6.76. The molecule has 0 radical (unpaired) electrons. The van der Waals surface area contributed by atoms with Gasteiger partial charge in [0, 0.05) is 70.4 Å². The van der Waals surface area contributed by atoms with Crippen molar-refractivity contribution in [3.63, 3.8) is 0 Å². The van der Waals surface area contributed by atoms with Crippen molar-refractivity contribution < 1.29 is 19.1 Å². The largest absolute Gasteiger partial charge is 0.497 e. The number of nitrogens with zero attached hydrogens (tertiary/aromatic N) is 3. The minimum absolute atomic E-state index is 0.0488. The van der Waals surface area contributed by atoms with Crippen LogP contribution in [0, 0.1) is 5.41 Å². The number of anilines is 1. The number of nitrogens with one attached hydrogen (secondary N) is 2. The molecule has 0 aromatic heterocycles. The molecule has 2 heterocycles. The van der Waals surface area contributed by atoms with E-state index in [2.05, 4.69) is 10.6 Å². The predicted molar refractivity (Wildman–Crippen MR) is 104 cm³/mol. The number of hydrogen-bond acceptors (Lipinski definition) is 4. The number of ether oxygens (including phenoxy) is 1. The summed E-state index contributed by atoms with van der Waals surface area (Å²) in [5.74, 6) is 0.603. The SMILES string of the molecule is COc1cccc(NC(=O)N2CCN(C(=O)N(C)C)C[C@@]3(CNC(=O)C3)C2)c1. The van der Waals surface area contributed by atoms with Crippen molar-refractivity contribution in [2.24, 2.45) is 5.41 Å². The fourth-order valence-corrected chi connectivity index (χ4v) is 3.76. The third-order valence-corrected chi connectivity index (χ3v) is 5.15. The molecule has 0 bridgehead atoms. The van der Waals surface area contributed by atoms with Gasteiger partial charge in [0.1, 0.15) is 5.75 Å².